The summed E-state index contributed by atoms with van der Waals surface area (Å²) >= 11 is 0. The van der Waals surface area contributed by atoms with Gasteiger partial charge < -0.3 is 58.4 Å². The molecule has 0 saturated carbocycles. The van der Waals surface area contributed by atoms with Gasteiger partial charge in [0.15, 0.2) is 0 Å². The highest BCUT2D eigenvalue weighted by Gasteiger charge is 2.31. The van der Waals surface area contributed by atoms with Gasteiger partial charge in [-0.2, -0.15) is 0 Å². The van der Waals surface area contributed by atoms with Gasteiger partial charge in [-0.3, -0.25) is 28.8 Å². The molecule has 42 heavy (non-hydrogen) atoms. The molecule has 1 heterocycles. The van der Waals surface area contributed by atoms with Crippen LogP contribution in [0.5, 0.6) is 0 Å². The zero-order valence-electron chi connectivity index (χ0n) is 23.0. The topological polar surface area (TPSA) is 321 Å². The van der Waals surface area contributed by atoms with Gasteiger partial charge in [0.1, 0.15) is 24.2 Å². The number of aliphatic hydroxyl groups excluding tert-OH is 2. The number of hydrogen-bond acceptors (Lipinski definition) is 11. The molecule has 13 N–H and O–H groups in total. The van der Waals surface area contributed by atoms with Crippen LogP contribution >= 0.6 is 0 Å². The summed E-state index contributed by atoms with van der Waals surface area (Å²) in [6, 6.07) is -6.95. The van der Waals surface area contributed by atoms with Crippen molar-refractivity contribution in [3.8, 4) is 0 Å². The van der Waals surface area contributed by atoms with Gasteiger partial charge in [0.05, 0.1) is 31.6 Å². The Labute approximate surface area is 239 Å². The van der Waals surface area contributed by atoms with Crippen LogP contribution in [-0.2, 0) is 40.0 Å². The summed E-state index contributed by atoms with van der Waals surface area (Å²) < 4.78 is 0. The molecule has 1 rings (SSSR count). The highest BCUT2D eigenvalue weighted by atomic mass is 16.4. The van der Waals surface area contributed by atoms with Gasteiger partial charge >= 0.3 is 5.97 Å². The fraction of sp³-hybridized carbons (Fsp3) is 0.565. The van der Waals surface area contributed by atoms with Gasteiger partial charge in [-0.25, -0.2) is 9.78 Å². The Bertz CT molecular complexity index is 1110. The maximum Gasteiger partial charge on any atom is 0.326 e. The van der Waals surface area contributed by atoms with E-state index >= 15 is 0 Å². The lowest BCUT2D eigenvalue weighted by Crippen LogP contribution is -2.59. The number of hydrogen-bond donors (Lipinski definition) is 11. The summed E-state index contributed by atoms with van der Waals surface area (Å²) in [5, 5.41) is 40.0. The average Bonchev–Trinajstić information content (AvgIpc) is 3.43. The molecule has 0 aromatic carbocycles. The monoisotopic (exact) mass is 599 g/mol. The molecular weight excluding hydrogens is 562 g/mol. The second-order valence-electron chi connectivity index (χ2n) is 9.28. The minimum atomic E-state index is -1.61. The Kier molecular flexibility index (Phi) is 14.5. The number of aromatic nitrogens is 2. The Morgan fingerprint density at radius 2 is 1.55 bits per heavy atom. The molecule has 19 heteroatoms. The smallest absolute Gasteiger partial charge is 0.326 e. The number of carboxylic acid groups (broad SMARTS) is 1. The lowest BCUT2D eigenvalue weighted by atomic mass is 10.1. The number of aliphatic hydroxyl groups is 2. The van der Waals surface area contributed by atoms with Gasteiger partial charge in [0, 0.05) is 24.7 Å². The Morgan fingerprint density at radius 3 is 2.05 bits per heavy atom. The van der Waals surface area contributed by atoms with Crippen LogP contribution in [0.15, 0.2) is 12.5 Å². The summed E-state index contributed by atoms with van der Waals surface area (Å²) in [7, 11) is 0. The van der Waals surface area contributed by atoms with Crippen molar-refractivity contribution < 1.29 is 48.9 Å². The minimum Gasteiger partial charge on any atom is -0.480 e. The van der Waals surface area contributed by atoms with Crippen molar-refractivity contribution in [1.29, 1.82) is 0 Å². The predicted molar refractivity (Wildman–Crippen MR) is 142 cm³/mol. The molecule has 0 aliphatic rings. The molecule has 6 atom stereocenters. The van der Waals surface area contributed by atoms with E-state index in [0.29, 0.717) is 5.69 Å². The number of carboxylic acids is 1. The molecule has 0 aliphatic heterocycles. The summed E-state index contributed by atoms with van der Waals surface area (Å²) in [5.41, 5.74) is 10.8. The fourth-order valence-corrected chi connectivity index (χ4v) is 3.32. The van der Waals surface area contributed by atoms with E-state index in [4.69, 9.17) is 11.5 Å². The first-order valence-corrected chi connectivity index (χ1v) is 12.7. The average molecular weight is 600 g/mol. The molecule has 234 valence electrons. The Hall–Kier alpha value is -4.62. The largest absolute Gasteiger partial charge is 0.480 e. The number of nitrogens with two attached hydrogens (primary N) is 2. The first-order chi connectivity index (χ1) is 19.7. The van der Waals surface area contributed by atoms with E-state index in [1.165, 1.54) is 26.4 Å². The molecule has 0 bridgehead atoms. The molecule has 0 spiro atoms. The third kappa shape index (κ3) is 12.3. The molecule has 6 amide bonds. The lowest BCUT2D eigenvalue weighted by Gasteiger charge is -2.24. The number of carbonyl (C=O) groups excluding carboxylic acids is 6. The van der Waals surface area contributed by atoms with Gasteiger partial charge in [-0.15, -0.1) is 0 Å². The summed E-state index contributed by atoms with van der Waals surface area (Å²) in [6.45, 7) is 0.931. The molecule has 1 aromatic heterocycles. The van der Waals surface area contributed by atoms with Crippen LogP contribution in [0.2, 0.25) is 0 Å². The number of H-pyrrole nitrogens is 1. The Balaban J connectivity index is 2.89. The molecule has 0 fully saturated rings. The summed E-state index contributed by atoms with van der Waals surface area (Å²) in [5.74, 6) is -6.84. The number of rotatable bonds is 18. The molecule has 0 aliphatic carbocycles. The number of aromatic amines is 1. The van der Waals surface area contributed by atoms with Gasteiger partial charge in [0.2, 0.25) is 35.4 Å². The Morgan fingerprint density at radius 1 is 0.929 bits per heavy atom. The number of aliphatic carboxylic acids is 1. The number of imidazole rings is 1. The van der Waals surface area contributed by atoms with Gasteiger partial charge in [-0.1, -0.05) is 0 Å². The molecule has 1 aromatic rings. The first kappa shape index (κ1) is 35.4. The SMILES string of the molecule is C[C@H](N)C(=O)N[C@H](C(=O)NCC(=O)N[C@@H](CO)C(=O)N[C@@H](Cc1cnc[nH]1)C(=O)N[C@@H](CCC(N)=O)C(=O)O)[C@@H](C)O. The zero-order chi connectivity index (χ0) is 32.0. The summed E-state index contributed by atoms with van der Waals surface area (Å²) in [4.78, 5) is 91.4. The minimum absolute atomic E-state index is 0.199. The van der Waals surface area contributed by atoms with E-state index in [-0.39, 0.29) is 19.3 Å². The van der Waals surface area contributed by atoms with Crippen LogP contribution in [0.3, 0.4) is 0 Å². The molecule has 0 radical (unpaired) electrons. The van der Waals surface area contributed by atoms with Crippen LogP contribution in [0.1, 0.15) is 32.4 Å². The maximum atomic E-state index is 12.9. The van der Waals surface area contributed by atoms with Crippen molar-refractivity contribution in [3.63, 3.8) is 0 Å². The fourth-order valence-electron chi connectivity index (χ4n) is 3.32. The highest BCUT2D eigenvalue weighted by molar-refractivity contribution is 5.95. The van der Waals surface area contributed by atoms with E-state index in [9.17, 15) is 48.9 Å². The van der Waals surface area contributed by atoms with E-state index in [2.05, 4.69) is 36.6 Å². The third-order valence-corrected chi connectivity index (χ3v) is 5.64. The van der Waals surface area contributed by atoms with Crippen LogP contribution < -0.4 is 38.1 Å². The van der Waals surface area contributed by atoms with Crippen LogP contribution in [-0.4, -0.2) is 116 Å². The highest BCUT2D eigenvalue weighted by Crippen LogP contribution is 2.04. The third-order valence-electron chi connectivity index (χ3n) is 5.64. The van der Waals surface area contributed by atoms with Crippen LogP contribution in [0.4, 0.5) is 0 Å². The maximum absolute atomic E-state index is 12.9. The van der Waals surface area contributed by atoms with Crippen molar-refractivity contribution in [2.45, 2.75) is 69.4 Å². The second kappa shape index (κ2) is 17.3. The normalized spacial score (nSPS) is 15.1. The van der Waals surface area contributed by atoms with Crippen molar-refractivity contribution >= 4 is 41.4 Å². The van der Waals surface area contributed by atoms with Crippen molar-refractivity contribution in [3.05, 3.63) is 18.2 Å². The molecule has 19 nitrogen and oxygen atoms in total. The lowest BCUT2D eigenvalue weighted by molar-refractivity contribution is -0.142. The molecule has 0 unspecified atom stereocenters. The van der Waals surface area contributed by atoms with Crippen molar-refractivity contribution in [2.24, 2.45) is 11.5 Å². The zero-order valence-corrected chi connectivity index (χ0v) is 23.0. The van der Waals surface area contributed by atoms with Gasteiger partial charge in [0.25, 0.3) is 0 Å². The van der Waals surface area contributed by atoms with Crippen LogP contribution in [0, 0.1) is 0 Å². The summed E-state index contributed by atoms with van der Waals surface area (Å²) in [6.07, 6.45) is 0.456. The number of nitrogens with zero attached hydrogens (tertiary/aromatic N) is 1. The van der Waals surface area contributed by atoms with Crippen molar-refractivity contribution in [2.75, 3.05) is 13.2 Å². The van der Waals surface area contributed by atoms with Crippen molar-refractivity contribution in [1.82, 2.24) is 36.6 Å². The predicted octanol–water partition coefficient (Wildman–Crippen LogP) is -5.92. The van der Waals surface area contributed by atoms with E-state index in [1.807, 2.05) is 0 Å². The first-order valence-electron chi connectivity index (χ1n) is 12.7. The molecular formula is C23H37N9O10. The van der Waals surface area contributed by atoms with E-state index in [1.54, 1.807) is 0 Å². The van der Waals surface area contributed by atoms with Crippen LogP contribution in [0.25, 0.3) is 0 Å². The standard InChI is InChI=1S/C23H37N9O10/c1-10(24)19(37)32-18(11(2)34)22(40)27-7-17(36)29-15(8-33)21(39)31-14(5-12-6-26-9-28-12)20(38)30-13(23(41)42)3-4-16(25)35/h6,9-11,13-15,18,33-34H,3-5,7-8,24H2,1-2H3,(H2,25,35)(H,26,28)(H,27,40)(H,29,36)(H,30,38)(H,31,39)(H,32,37)(H,41,42)/t10-,11+,13-,14-,15-,18-/m0/s1. The number of amides is 6. The van der Waals surface area contributed by atoms with E-state index < -0.39 is 90.9 Å². The quantitative estimate of drug-likeness (QED) is 0.0751. The second-order valence-corrected chi connectivity index (χ2v) is 9.28. The molecule has 0 saturated heterocycles. The van der Waals surface area contributed by atoms with Gasteiger partial charge in [-0.05, 0) is 20.3 Å². The number of carbonyl (C=O) groups is 7. The van der Waals surface area contributed by atoms with E-state index in [0.717, 1.165) is 0 Å². The number of nitrogens with one attached hydrogen (secondary N) is 6. The number of primary amides is 1.